The van der Waals surface area contributed by atoms with Crippen LogP contribution in [0.15, 0.2) is 0 Å². The van der Waals surface area contributed by atoms with Gasteiger partial charge in [-0.1, -0.05) is 65.2 Å². The molecule has 1 aliphatic rings. The van der Waals surface area contributed by atoms with Gasteiger partial charge in [-0.2, -0.15) is 5.26 Å². The lowest BCUT2D eigenvalue weighted by molar-refractivity contribution is -0.144. The monoisotopic (exact) mass is 422 g/mol. The van der Waals surface area contributed by atoms with E-state index in [2.05, 4.69) is 19.2 Å². The average molecular weight is 423 g/mol. The summed E-state index contributed by atoms with van der Waals surface area (Å²) in [4.78, 5) is 12.8. The van der Waals surface area contributed by atoms with Crippen molar-refractivity contribution in [1.29, 1.82) is 5.26 Å². The van der Waals surface area contributed by atoms with Crippen molar-refractivity contribution >= 4 is 5.91 Å². The first kappa shape index (κ1) is 26.8. The summed E-state index contributed by atoms with van der Waals surface area (Å²) in [6.45, 7) is 9.33. The Balaban J connectivity index is 2.47. The largest absolute Gasteiger partial charge is 0.427 e. The van der Waals surface area contributed by atoms with Gasteiger partial charge in [0.05, 0.1) is 0 Å². The highest BCUT2D eigenvalue weighted by Gasteiger charge is 2.30. The Labute approximate surface area is 185 Å². The van der Waals surface area contributed by atoms with Gasteiger partial charge in [0.25, 0.3) is 12.2 Å². The van der Waals surface area contributed by atoms with Crippen molar-refractivity contribution in [3.8, 4) is 6.26 Å². The lowest BCUT2D eigenvalue weighted by Crippen LogP contribution is -2.48. The molecule has 1 fully saturated rings. The highest BCUT2D eigenvalue weighted by molar-refractivity contribution is 5.84. The van der Waals surface area contributed by atoms with Crippen molar-refractivity contribution in [2.24, 2.45) is 11.8 Å². The van der Waals surface area contributed by atoms with E-state index in [4.69, 9.17) is 14.7 Å². The van der Waals surface area contributed by atoms with Crippen LogP contribution in [0.25, 0.3) is 0 Å². The highest BCUT2D eigenvalue weighted by atomic mass is 16.5. The number of nitriles is 1. The molecule has 0 radical (unpaired) electrons. The molecular weight excluding hydrogens is 376 g/mol. The van der Waals surface area contributed by atoms with E-state index < -0.39 is 5.60 Å². The molecule has 1 amide bonds. The Morgan fingerprint density at radius 2 is 1.53 bits per heavy atom. The summed E-state index contributed by atoms with van der Waals surface area (Å²) in [5.74, 6) is 1.13. The van der Waals surface area contributed by atoms with Crippen LogP contribution in [0.2, 0.25) is 0 Å². The highest BCUT2D eigenvalue weighted by Crippen LogP contribution is 2.22. The number of carbonyl (C=O) groups excluding carboxylic acids is 1. The summed E-state index contributed by atoms with van der Waals surface area (Å²) < 4.78 is 10.9. The molecule has 0 saturated heterocycles. The van der Waals surface area contributed by atoms with Crippen molar-refractivity contribution in [2.75, 3.05) is 13.2 Å². The van der Waals surface area contributed by atoms with Crippen LogP contribution in [0.3, 0.4) is 0 Å². The number of rotatable bonds is 8. The van der Waals surface area contributed by atoms with Crippen molar-refractivity contribution in [3.05, 3.63) is 0 Å². The zero-order valence-corrected chi connectivity index (χ0v) is 20.0. The van der Waals surface area contributed by atoms with Crippen molar-refractivity contribution in [3.63, 3.8) is 0 Å². The predicted molar refractivity (Wildman–Crippen MR) is 122 cm³/mol. The fourth-order valence-corrected chi connectivity index (χ4v) is 4.08. The lowest BCUT2D eigenvalue weighted by atomic mass is 9.93. The van der Waals surface area contributed by atoms with Crippen LogP contribution >= 0.6 is 0 Å². The Morgan fingerprint density at radius 1 is 1.00 bits per heavy atom. The molecule has 0 unspecified atom stereocenters. The zero-order chi connectivity index (χ0) is 22.2. The predicted octanol–water partition coefficient (Wildman–Crippen LogP) is 6.12. The van der Waals surface area contributed by atoms with Gasteiger partial charge < -0.3 is 14.8 Å². The Morgan fingerprint density at radius 3 is 2.03 bits per heavy atom. The smallest absolute Gasteiger partial charge is 0.286 e. The molecule has 0 spiro atoms. The minimum atomic E-state index is -0.769. The van der Waals surface area contributed by atoms with Crippen LogP contribution in [0.1, 0.15) is 111 Å². The van der Waals surface area contributed by atoms with Crippen LogP contribution < -0.4 is 5.32 Å². The molecule has 174 valence electrons. The van der Waals surface area contributed by atoms with E-state index in [9.17, 15) is 4.79 Å². The number of carbonyl (C=O) groups is 1. The lowest BCUT2D eigenvalue weighted by Gasteiger charge is -2.28. The van der Waals surface area contributed by atoms with E-state index in [-0.39, 0.29) is 11.9 Å². The van der Waals surface area contributed by atoms with Crippen molar-refractivity contribution in [1.82, 2.24) is 5.32 Å². The SMILES string of the molecule is CC(C)CCOC(C)(C)C(=O)NC1CCCCCCC(COC#N)CCCCCC1. The molecule has 5 nitrogen and oxygen atoms in total. The number of amides is 1. The first-order valence-electron chi connectivity index (χ1n) is 12.3. The minimum Gasteiger partial charge on any atom is -0.427 e. The van der Waals surface area contributed by atoms with Gasteiger partial charge in [-0.05, 0) is 57.8 Å². The Bertz CT molecular complexity index is 483. The Hall–Kier alpha value is -1.28. The number of ether oxygens (including phenoxy) is 2. The van der Waals surface area contributed by atoms with Crippen molar-refractivity contribution < 1.29 is 14.3 Å². The third kappa shape index (κ3) is 12.4. The van der Waals surface area contributed by atoms with E-state index >= 15 is 0 Å². The molecule has 0 aromatic heterocycles. The minimum absolute atomic E-state index is 0.0257. The molecule has 0 aromatic carbocycles. The topological polar surface area (TPSA) is 71.3 Å². The summed E-state index contributed by atoms with van der Waals surface area (Å²) in [6.07, 6.45) is 16.8. The molecule has 0 heterocycles. The van der Waals surface area contributed by atoms with Crippen LogP contribution in [0, 0.1) is 23.4 Å². The molecular formula is C25H46N2O3. The number of nitrogens with one attached hydrogen (secondary N) is 1. The summed E-state index contributed by atoms with van der Waals surface area (Å²) in [5.41, 5.74) is -0.769. The van der Waals surface area contributed by atoms with Crippen LogP contribution in [0.4, 0.5) is 0 Å². The second kappa shape index (κ2) is 15.5. The van der Waals surface area contributed by atoms with Gasteiger partial charge >= 0.3 is 0 Å². The van der Waals surface area contributed by atoms with Gasteiger partial charge in [0, 0.05) is 12.6 Å². The molecule has 5 heteroatoms. The van der Waals surface area contributed by atoms with Gasteiger partial charge in [0.1, 0.15) is 12.2 Å². The number of hydrogen-bond donors (Lipinski definition) is 1. The van der Waals surface area contributed by atoms with E-state index in [1.54, 1.807) is 0 Å². The van der Waals surface area contributed by atoms with Crippen LogP contribution in [0.5, 0.6) is 0 Å². The summed E-state index contributed by atoms with van der Waals surface area (Å²) in [6, 6.07) is 0.255. The standard InChI is InChI=1S/C25H46N2O3/c1-21(2)17-18-30-25(3,4)24(28)27-23-15-11-7-5-9-13-22(19-29-20-26)14-10-6-8-12-16-23/h21-23H,5-19H2,1-4H3,(H,27,28). The molecule has 0 aromatic rings. The molecule has 1 rings (SSSR count). The van der Waals surface area contributed by atoms with Crippen molar-refractivity contribution in [2.45, 2.75) is 123 Å². The second-order valence-electron chi connectivity index (χ2n) is 9.96. The van der Waals surface area contributed by atoms with Gasteiger partial charge in [0.15, 0.2) is 0 Å². The number of hydrogen-bond acceptors (Lipinski definition) is 4. The maximum absolute atomic E-state index is 12.8. The van der Waals surface area contributed by atoms with E-state index in [0.29, 0.717) is 25.0 Å². The van der Waals surface area contributed by atoms with E-state index in [1.165, 1.54) is 38.5 Å². The van der Waals surface area contributed by atoms with Gasteiger partial charge in [-0.15, -0.1) is 0 Å². The fourth-order valence-electron chi connectivity index (χ4n) is 4.08. The van der Waals surface area contributed by atoms with Crippen LogP contribution in [-0.4, -0.2) is 30.8 Å². The van der Waals surface area contributed by atoms with Gasteiger partial charge in [-0.25, -0.2) is 0 Å². The normalized spacial score (nSPS) is 22.7. The molecule has 0 bridgehead atoms. The van der Waals surface area contributed by atoms with E-state index in [1.807, 2.05) is 20.1 Å². The first-order chi connectivity index (χ1) is 14.3. The Kier molecular flexibility index (Phi) is 13.8. The van der Waals surface area contributed by atoms with E-state index in [0.717, 1.165) is 44.9 Å². The molecule has 1 N–H and O–H groups in total. The van der Waals surface area contributed by atoms with Gasteiger partial charge in [-0.3, -0.25) is 4.79 Å². The number of nitrogens with zero attached hydrogens (tertiary/aromatic N) is 1. The second-order valence-corrected chi connectivity index (χ2v) is 9.96. The summed E-state index contributed by atoms with van der Waals surface area (Å²) >= 11 is 0. The fraction of sp³-hybridized carbons (Fsp3) is 0.920. The maximum atomic E-state index is 12.8. The van der Waals surface area contributed by atoms with Gasteiger partial charge in [0.2, 0.25) is 0 Å². The third-order valence-corrected chi connectivity index (χ3v) is 6.25. The summed E-state index contributed by atoms with van der Waals surface area (Å²) in [7, 11) is 0. The summed E-state index contributed by atoms with van der Waals surface area (Å²) in [5, 5.41) is 12.0. The molecule has 1 aliphatic carbocycles. The molecule has 0 aliphatic heterocycles. The molecule has 0 atom stereocenters. The average Bonchev–Trinajstić information content (AvgIpc) is 2.69. The van der Waals surface area contributed by atoms with Crippen LogP contribution in [-0.2, 0) is 14.3 Å². The first-order valence-corrected chi connectivity index (χ1v) is 12.3. The quantitative estimate of drug-likeness (QED) is 0.478. The third-order valence-electron chi connectivity index (χ3n) is 6.25. The maximum Gasteiger partial charge on any atom is 0.286 e. The molecule has 1 saturated carbocycles. The molecule has 30 heavy (non-hydrogen) atoms. The zero-order valence-electron chi connectivity index (χ0n) is 20.0.